The van der Waals surface area contributed by atoms with Crippen LogP contribution in [0.3, 0.4) is 0 Å². The highest BCUT2D eigenvalue weighted by Gasteiger charge is 2.07. The average Bonchev–Trinajstić information content (AvgIpc) is 2.65. The molecule has 14 heavy (non-hydrogen) atoms. The molecule has 0 bridgehead atoms. The monoisotopic (exact) mass is 192 g/mol. The summed E-state index contributed by atoms with van der Waals surface area (Å²) in [7, 11) is 3.68. The number of hydrogen-bond acceptors (Lipinski definition) is 5. The van der Waals surface area contributed by atoms with Crippen molar-refractivity contribution in [3.8, 4) is 0 Å². The second-order valence-electron chi connectivity index (χ2n) is 2.87. The van der Waals surface area contributed by atoms with Crippen LogP contribution in [0.5, 0.6) is 0 Å². The highest BCUT2D eigenvalue weighted by Crippen LogP contribution is 2.15. The van der Waals surface area contributed by atoms with Crippen LogP contribution in [0.25, 0.3) is 11.2 Å². The molecule has 0 aliphatic carbocycles. The first kappa shape index (κ1) is 8.89. The highest BCUT2D eigenvalue weighted by atomic mass is 15.1. The van der Waals surface area contributed by atoms with E-state index in [4.69, 9.17) is 0 Å². The molecule has 2 aromatic rings. The zero-order chi connectivity index (χ0) is 9.97. The van der Waals surface area contributed by atoms with Gasteiger partial charge in [-0.1, -0.05) is 0 Å². The summed E-state index contributed by atoms with van der Waals surface area (Å²) in [5.74, 6) is 1.51. The van der Waals surface area contributed by atoms with E-state index >= 15 is 0 Å². The maximum absolute atomic E-state index is 4.33. The Labute approximate surface area is 81.2 Å². The minimum Gasteiger partial charge on any atom is -0.371 e. The Hall–Kier alpha value is -1.69. The Morgan fingerprint density at radius 1 is 1.36 bits per heavy atom. The largest absolute Gasteiger partial charge is 0.371 e. The van der Waals surface area contributed by atoms with Crippen LogP contribution in [0, 0.1) is 0 Å². The Morgan fingerprint density at radius 3 is 2.93 bits per heavy atom. The van der Waals surface area contributed by atoms with E-state index in [9.17, 15) is 0 Å². The summed E-state index contributed by atoms with van der Waals surface area (Å²) in [5, 5.41) is 6.01. The molecular formula is C8H12N6. The lowest BCUT2D eigenvalue weighted by atomic mass is 10.4. The fraction of sp³-hybridized carbons (Fsp3) is 0.375. The summed E-state index contributed by atoms with van der Waals surface area (Å²) in [6, 6.07) is 0. The summed E-state index contributed by atoms with van der Waals surface area (Å²) < 4.78 is 0. The standard InChI is InChI=1S/C8H12N6/c1-9-3-5-13-7(10-2)6-8(14-5)12-4-11-6/h4,9H,3H2,1-2H3,(H2,10,11,12,13,14). The molecule has 3 N–H and O–H groups in total. The summed E-state index contributed by atoms with van der Waals surface area (Å²) in [5.41, 5.74) is 1.53. The Kier molecular flexibility index (Phi) is 2.28. The molecule has 0 saturated carbocycles. The molecular weight excluding hydrogens is 180 g/mol. The van der Waals surface area contributed by atoms with E-state index in [2.05, 4.69) is 30.6 Å². The van der Waals surface area contributed by atoms with Crippen LogP contribution < -0.4 is 10.6 Å². The first-order valence-electron chi connectivity index (χ1n) is 4.37. The predicted molar refractivity (Wildman–Crippen MR) is 54.0 cm³/mol. The number of anilines is 1. The zero-order valence-electron chi connectivity index (χ0n) is 8.13. The lowest BCUT2D eigenvalue weighted by molar-refractivity contribution is 0.764. The molecule has 0 aliphatic heterocycles. The molecule has 6 heteroatoms. The highest BCUT2D eigenvalue weighted by molar-refractivity contribution is 5.82. The van der Waals surface area contributed by atoms with E-state index in [-0.39, 0.29) is 0 Å². The van der Waals surface area contributed by atoms with Gasteiger partial charge in [0.2, 0.25) is 0 Å². The van der Waals surface area contributed by atoms with Crippen LogP contribution in [0.4, 0.5) is 5.82 Å². The maximum Gasteiger partial charge on any atom is 0.183 e. The third-order valence-electron chi connectivity index (χ3n) is 1.90. The van der Waals surface area contributed by atoms with Gasteiger partial charge in [0.15, 0.2) is 11.5 Å². The van der Waals surface area contributed by atoms with Crippen molar-refractivity contribution in [1.29, 1.82) is 0 Å². The van der Waals surface area contributed by atoms with Crippen LogP contribution >= 0.6 is 0 Å². The number of imidazole rings is 1. The fourth-order valence-electron chi connectivity index (χ4n) is 1.30. The van der Waals surface area contributed by atoms with Crippen LogP contribution in [0.1, 0.15) is 5.82 Å². The first-order chi connectivity index (χ1) is 6.85. The van der Waals surface area contributed by atoms with Crippen LogP contribution in [-0.4, -0.2) is 34.0 Å². The van der Waals surface area contributed by atoms with Gasteiger partial charge in [0.05, 0.1) is 12.9 Å². The van der Waals surface area contributed by atoms with E-state index in [0.717, 1.165) is 17.2 Å². The van der Waals surface area contributed by atoms with Gasteiger partial charge in [0, 0.05) is 7.05 Å². The topological polar surface area (TPSA) is 78.5 Å². The number of aromatic nitrogens is 4. The van der Waals surface area contributed by atoms with Crippen molar-refractivity contribution in [1.82, 2.24) is 25.3 Å². The van der Waals surface area contributed by atoms with Crippen molar-refractivity contribution in [2.24, 2.45) is 0 Å². The van der Waals surface area contributed by atoms with Gasteiger partial charge < -0.3 is 15.6 Å². The maximum atomic E-state index is 4.33. The van der Waals surface area contributed by atoms with Gasteiger partial charge in [-0.25, -0.2) is 15.0 Å². The third kappa shape index (κ3) is 1.39. The van der Waals surface area contributed by atoms with Crippen molar-refractivity contribution in [3.63, 3.8) is 0 Å². The number of aromatic amines is 1. The molecule has 6 nitrogen and oxygen atoms in total. The Morgan fingerprint density at radius 2 is 2.21 bits per heavy atom. The van der Waals surface area contributed by atoms with Gasteiger partial charge >= 0.3 is 0 Å². The molecule has 0 amide bonds. The van der Waals surface area contributed by atoms with E-state index in [1.807, 2.05) is 14.1 Å². The third-order valence-corrected chi connectivity index (χ3v) is 1.90. The predicted octanol–water partition coefficient (Wildman–Crippen LogP) is 0.114. The summed E-state index contributed by atoms with van der Waals surface area (Å²) in [6.45, 7) is 0.636. The van der Waals surface area contributed by atoms with Crippen molar-refractivity contribution in [3.05, 3.63) is 12.2 Å². The summed E-state index contributed by atoms with van der Waals surface area (Å²) in [6.07, 6.45) is 1.61. The molecule has 2 rings (SSSR count). The molecule has 0 aliphatic rings. The summed E-state index contributed by atoms with van der Waals surface area (Å²) in [4.78, 5) is 15.7. The Bertz CT molecular complexity index is 434. The van der Waals surface area contributed by atoms with Gasteiger partial charge in [-0.05, 0) is 7.05 Å². The van der Waals surface area contributed by atoms with Gasteiger partial charge in [-0.15, -0.1) is 0 Å². The Balaban J connectivity index is 2.55. The molecule has 2 heterocycles. The minimum atomic E-state index is 0.636. The fourth-order valence-corrected chi connectivity index (χ4v) is 1.30. The molecule has 0 aromatic carbocycles. The number of rotatable bonds is 3. The number of hydrogen-bond donors (Lipinski definition) is 3. The normalized spacial score (nSPS) is 10.7. The number of nitrogens with zero attached hydrogens (tertiary/aromatic N) is 3. The van der Waals surface area contributed by atoms with Crippen molar-refractivity contribution in [2.75, 3.05) is 19.4 Å². The van der Waals surface area contributed by atoms with Crippen LogP contribution in [-0.2, 0) is 6.54 Å². The van der Waals surface area contributed by atoms with Gasteiger partial charge in [0.25, 0.3) is 0 Å². The molecule has 0 saturated heterocycles. The van der Waals surface area contributed by atoms with E-state index in [1.54, 1.807) is 6.33 Å². The molecule has 0 unspecified atom stereocenters. The molecule has 0 atom stereocenters. The van der Waals surface area contributed by atoms with E-state index < -0.39 is 0 Å². The van der Waals surface area contributed by atoms with Gasteiger partial charge in [0.1, 0.15) is 11.3 Å². The number of nitrogens with one attached hydrogen (secondary N) is 3. The number of H-pyrrole nitrogens is 1. The second-order valence-corrected chi connectivity index (χ2v) is 2.87. The van der Waals surface area contributed by atoms with Crippen molar-refractivity contribution < 1.29 is 0 Å². The smallest absolute Gasteiger partial charge is 0.183 e. The molecule has 74 valence electrons. The SMILES string of the molecule is CNCc1nc(NC)c2[nH]cnc2n1. The van der Waals surface area contributed by atoms with Crippen LogP contribution in [0.15, 0.2) is 6.33 Å². The van der Waals surface area contributed by atoms with Gasteiger partial charge in [-0.2, -0.15) is 0 Å². The van der Waals surface area contributed by atoms with E-state index in [0.29, 0.717) is 12.2 Å². The molecule has 0 fully saturated rings. The van der Waals surface area contributed by atoms with Crippen molar-refractivity contribution in [2.45, 2.75) is 6.54 Å². The minimum absolute atomic E-state index is 0.636. The van der Waals surface area contributed by atoms with Crippen LogP contribution in [0.2, 0.25) is 0 Å². The lowest BCUT2D eigenvalue weighted by Gasteiger charge is -2.03. The van der Waals surface area contributed by atoms with Crippen molar-refractivity contribution >= 4 is 17.0 Å². The number of fused-ring (bicyclic) bond motifs is 1. The zero-order valence-corrected chi connectivity index (χ0v) is 8.13. The first-order valence-corrected chi connectivity index (χ1v) is 4.37. The quantitative estimate of drug-likeness (QED) is 0.643. The second kappa shape index (κ2) is 3.59. The molecule has 0 spiro atoms. The summed E-state index contributed by atoms with van der Waals surface area (Å²) >= 11 is 0. The molecule has 0 radical (unpaired) electrons. The van der Waals surface area contributed by atoms with E-state index in [1.165, 1.54) is 0 Å². The average molecular weight is 192 g/mol. The molecule has 2 aromatic heterocycles. The lowest BCUT2D eigenvalue weighted by Crippen LogP contribution is -2.10. The van der Waals surface area contributed by atoms with Gasteiger partial charge in [-0.3, -0.25) is 0 Å².